The van der Waals surface area contributed by atoms with Crippen molar-refractivity contribution in [2.45, 2.75) is 91.9 Å². The van der Waals surface area contributed by atoms with E-state index in [1.54, 1.807) is 0 Å². The van der Waals surface area contributed by atoms with E-state index in [0.29, 0.717) is 10.8 Å². The van der Waals surface area contributed by atoms with Gasteiger partial charge in [-0.25, -0.2) is 0 Å². The molecular formula is C18H34. The Morgan fingerprint density at radius 2 is 0.833 bits per heavy atom. The van der Waals surface area contributed by atoms with Gasteiger partial charge in [0, 0.05) is 0 Å². The zero-order valence-corrected chi connectivity index (χ0v) is 13.2. The maximum absolute atomic E-state index is 2.58. The fraction of sp³-hybridized carbons (Fsp3) is 1.00. The molecule has 0 heterocycles. The highest BCUT2D eigenvalue weighted by atomic mass is 14.5. The monoisotopic (exact) mass is 250 g/mol. The Hall–Kier alpha value is 0. The van der Waals surface area contributed by atoms with Gasteiger partial charge in [0.1, 0.15) is 0 Å². The summed E-state index contributed by atoms with van der Waals surface area (Å²) < 4.78 is 0. The van der Waals surface area contributed by atoms with Gasteiger partial charge in [-0.05, 0) is 48.3 Å². The highest BCUT2D eigenvalue weighted by molar-refractivity contribution is 4.92. The largest absolute Gasteiger partial charge is 0.0617 e. The molecule has 0 spiro atoms. The van der Waals surface area contributed by atoms with E-state index >= 15 is 0 Å². The summed E-state index contributed by atoms with van der Waals surface area (Å²) in [7, 11) is 0. The average molecular weight is 250 g/mol. The maximum Gasteiger partial charge on any atom is -0.0297 e. The molecule has 0 bridgehead atoms. The number of hydrogen-bond acceptors (Lipinski definition) is 0. The van der Waals surface area contributed by atoms with E-state index < -0.39 is 0 Å². The second kappa shape index (κ2) is 5.55. The van der Waals surface area contributed by atoms with Crippen molar-refractivity contribution in [2.75, 3.05) is 0 Å². The summed E-state index contributed by atoms with van der Waals surface area (Å²) in [6, 6.07) is 0. The molecule has 0 aromatic carbocycles. The summed E-state index contributed by atoms with van der Waals surface area (Å²) in [5.41, 5.74) is 1.27. The summed E-state index contributed by atoms with van der Waals surface area (Å²) in [5, 5.41) is 0. The molecule has 18 heavy (non-hydrogen) atoms. The lowest BCUT2D eigenvalue weighted by molar-refractivity contribution is 0.00869. The van der Waals surface area contributed by atoms with Gasteiger partial charge < -0.3 is 0 Å². The van der Waals surface area contributed by atoms with Crippen LogP contribution in [-0.4, -0.2) is 0 Å². The van der Waals surface area contributed by atoms with E-state index in [2.05, 4.69) is 27.7 Å². The van der Waals surface area contributed by atoms with Crippen LogP contribution >= 0.6 is 0 Å². The molecule has 106 valence electrons. The van der Waals surface area contributed by atoms with Crippen LogP contribution < -0.4 is 0 Å². The van der Waals surface area contributed by atoms with E-state index in [0.717, 1.165) is 11.8 Å². The van der Waals surface area contributed by atoms with Crippen LogP contribution in [0.1, 0.15) is 91.9 Å². The van der Waals surface area contributed by atoms with E-state index in [-0.39, 0.29) is 0 Å². The topological polar surface area (TPSA) is 0 Å². The smallest absolute Gasteiger partial charge is 0.0297 e. The van der Waals surface area contributed by atoms with E-state index in [1.807, 2.05) is 0 Å². The third kappa shape index (κ3) is 2.78. The van der Waals surface area contributed by atoms with Gasteiger partial charge in [0.2, 0.25) is 0 Å². The predicted octanol–water partition coefficient (Wildman–Crippen LogP) is 6.20. The minimum absolute atomic E-state index is 0.637. The van der Waals surface area contributed by atoms with E-state index in [9.17, 15) is 0 Å². The van der Waals surface area contributed by atoms with Gasteiger partial charge in [-0.15, -0.1) is 0 Å². The van der Waals surface area contributed by atoms with Crippen LogP contribution in [0.4, 0.5) is 0 Å². The first-order chi connectivity index (χ1) is 8.48. The molecule has 0 saturated heterocycles. The first-order valence-electron chi connectivity index (χ1n) is 8.48. The lowest BCUT2D eigenvalue weighted by Gasteiger charge is -2.49. The zero-order chi connectivity index (χ0) is 13.2. The molecule has 2 unspecified atom stereocenters. The minimum Gasteiger partial charge on any atom is -0.0617 e. The minimum atomic E-state index is 0.637. The average Bonchev–Trinajstić information content (AvgIpc) is 2.39. The Morgan fingerprint density at radius 1 is 0.556 bits per heavy atom. The Balaban J connectivity index is 2.04. The van der Waals surface area contributed by atoms with Gasteiger partial charge in [0.05, 0.1) is 0 Å². The number of hydrogen-bond donors (Lipinski definition) is 0. The SMILES string of the molecule is CC(C(C)C1(C)CCCCC1)C1(C)CCCCC1. The van der Waals surface area contributed by atoms with Crippen molar-refractivity contribution in [3.05, 3.63) is 0 Å². The third-order valence-corrected chi connectivity index (χ3v) is 6.94. The normalized spacial score (nSPS) is 30.7. The highest BCUT2D eigenvalue weighted by Crippen LogP contribution is 2.52. The van der Waals surface area contributed by atoms with Crippen molar-refractivity contribution in [3.63, 3.8) is 0 Å². The molecule has 0 heteroatoms. The first-order valence-corrected chi connectivity index (χ1v) is 8.48. The Labute approximate surface area is 115 Å². The Bertz CT molecular complexity index is 225. The van der Waals surface area contributed by atoms with Crippen molar-refractivity contribution in [1.82, 2.24) is 0 Å². The Morgan fingerprint density at radius 3 is 1.11 bits per heavy atom. The van der Waals surface area contributed by atoms with E-state index in [1.165, 1.54) is 64.2 Å². The van der Waals surface area contributed by atoms with Crippen LogP contribution in [0.5, 0.6) is 0 Å². The zero-order valence-electron chi connectivity index (χ0n) is 13.2. The van der Waals surface area contributed by atoms with Gasteiger partial charge in [0.15, 0.2) is 0 Å². The van der Waals surface area contributed by atoms with Crippen molar-refractivity contribution in [3.8, 4) is 0 Å². The fourth-order valence-electron chi connectivity index (χ4n) is 4.84. The first kappa shape index (κ1) is 14.4. The third-order valence-electron chi connectivity index (χ3n) is 6.94. The van der Waals surface area contributed by atoms with Crippen molar-refractivity contribution in [1.29, 1.82) is 0 Å². The summed E-state index contributed by atoms with van der Waals surface area (Å²) in [4.78, 5) is 0. The summed E-state index contributed by atoms with van der Waals surface area (Å²) in [6.07, 6.45) is 14.8. The van der Waals surface area contributed by atoms with Crippen molar-refractivity contribution >= 4 is 0 Å². The fourth-order valence-corrected chi connectivity index (χ4v) is 4.84. The second-order valence-electron chi connectivity index (χ2n) is 8.01. The van der Waals surface area contributed by atoms with Crippen LogP contribution in [0.25, 0.3) is 0 Å². The van der Waals surface area contributed by atoms with Crippen molar-refractivity contribution in [2.24, 2.45) is 22.7 Å². The molecule has 2 saturated carbocycles. The van der Waals surface area contributed by atoms with Gasteiger partial charge in [-0.2, -0.15) is 0 Å². The van der Waals surface area contributed by atoms with Crippen LogP contribution in [0, 0.1) is 22.7 Å². The summed E-state index contributed by atoms with van der Waals surface area (Å²) in [6.45, 7) is 10.3. The molecule has 0 N–H and O–H groups in total. The molecule has 0 aromatic heterocycles. The van der Waals surface area contributed by atoms with Crippen molar-refractivity contribution < 1.29 is 0 Å². The maximum atomic E-state index is 2.58. The molecule has 2 aliphatic rings. The molecule has 2 aliphatic carbocycles. The molecule has 0 aromatic rings. The van der Waals surface area contributed by atoms with Crippen LogP contribution in [0.2, 0.25) is 0 Å². The molecule has 0 nitrogen and oxygen atoms in total. The summed E-state index contributed by atoms with van der Waals surface area (Å²) in [5.74, 6) is 1.81. The quantitative estimate of drug-likeness (QED) is 0.559. The Kier molecular flexibility index (Phi) is 4.44. The molecule has 2 rings (SSSR count). The van der Waals surface area contributed by atoms with Gasteiger partial charge >= 0.3 is 0 Å². The van der Waals surface area contributed by atoms with Crippen LogP contribution in [0.3, 0.4) is 0 Å². The van der Waals surface area contributed by atoms with Gasteiger partial charge in [-0.1, -0.05) is 66.2 Å². The highest BCUT2D eigenvalue weighted by Gasteiger charge is 2.42. The lowest BCUT2D eigenvalue weighted by Crippen LogP contribution is -2.40. The van der Waals surface area contributed by atoms with E-state index in [4.69, 9.17) is 0 Å². The molecule has 0 amide bonds. The molecular weight excluding hydrogens is 216 g/mol. The standard InChI is InChI=1S/C18H34/c1-15(17(3)11-7-5-8-12-17)16(2)18(4)13-9-6-10-14-18/h15-16H,5-14H2,1-4H3. The lowest BCUT2D eigenvalue weighted by atomic mass is 9.56. The van der Waals surface area contributed by atoms with Crippen LogP contribution in [-0.2, 0) is 0 Å². The predicted molar refractivity (Wildman–Crippen MR) is 80.7 cm³/mol. The van der Waals surface area contributed by atoms with Gasteiger partial charge in [-0.3, -0.25) is 0 Å². The second-order valence-corrected chi connectivity index (χ2v) is 8.01. The van der Waals surface area contributed by atoms with Gasteiger partial charge in [0.25, 0.3) is 0 Å². The molecule has 2 atom stereocenters. The molecule has 0 radical (unpaired) electrons. The van der Waals surface area contributed by atoms with Crippen LogP contribution in [0.15, 0.2) is 0 Å². The number of rotatable bonds is 3. The molecule has 2 fully saturated rings. The molecule has 0 aliphatic heterocycles. The summed E-state index contributed by atoms with van der Waals surface area (Å²) >= 11 is 0.